The van der Waals surface area contributed by atoms with E-state index >= 15 is 0 Å². The van der Waals surface area contributed by atoms with E-state index in [2.05, 4.69) is 6.58 Å². The van der Waals surface area contributed by atoms with E-state index in [1.165, 1.54) is 0 Å². The summed E-state index contributed by atoms with van der Waals surface area (Å²) < 4.78 is 5.61. The molecule has 0 radical (unpaired) electrons. The van der Waals surface area contributed by atoms with Crippen molar-refractivity contribution in [2.75, 3.05) is 6.61 Å². The molecule has 0 fully saturated rings. The highest BCUT2D eigenvalue weighted by Gasteiger charge is 2.07. The minimum absolute atomic E-state index is 0.0194. The van der Waals surface area contributed by atoms with Gasteiger partial charge < -0.3 is 4.74 Å². The maximum absolute atomic E-state index is 11.9. The van der Waals surface area contributed by atoms with E-state index in [1.54, 1.807) is 12.1 Å². The van der Waals surface area contributed by atoms with Crippen LogP contribution in [0.4, 0.5) is 0 Å². The van der Waals surface area contributed by atoms with Gasteiger partial charge in [-0.1, -0.05) is 54.6 Å². The van der Waals surface area contributed by atoms with Gasteiger partial charge in [0.05, 0.1) is 0 Å². The summed E-state index contributed by atoms with van der Waals surface area (Å²) in [5, 5.41) is 0. The Morgan fingerprint density at radius 3 is 2.47 bits per heavy atom. The number of rotatable bonds is 6. The van der Waals surface area contributed by atoms with Crippen molar-refractivity contribution in [3.05, 3.63) is 78.4 Å². The Balaban J connectivity index is 2.03. The molecule has 2 aromatic carbocycles. The molecule has 2 rings (SSSR count). The molecule has 2 nitrogen and oxygen atoms in total. The average Bonchev–Trinajstić information content (AvgIpc) is 2.47. The van der Waals surface area contributed by atoms with Crippen LogP contribution in [-0.2, 0) is 6.42 Å². The van der Waals surface area contributed by atoms with Crippen molar-refractivity contribution in [3.8, 4) is 5.75 Å². The summed E-state index contributed by atoms with van der Waals surface area (Å²) in [5.74, 6) is 0.723. The monoisotopic (exact) mass is 252 g/mol. The smallest absolute Gasteiger partial charge is 0.200 e. The van der Waals surface area contributed by atoms with Crippen LogP contribution in [0.2, 0.25) is 0 Å². The molecule has 0 bridgehead atoms. The van der Waals surface area contributed by atoms with E-state index in [1.807, 2.05) is 48.5 Å². The van der Waals surface area contributed by atoms with Gasteiger partial charge in [0.2, 0.25) is 0 Å². The Labute approximate surface area is 113 Å². The van der Waals surface area contributed by atoms with E-state index in [-0.39, 0.29) is 12.4 Å². The number of Topliss-reactive ketones (excluding diaryl/α,β-unsaturated/α-hetero) is 1. The summed E-state index contributed by atoms with van der Waals surface area (Å²) in [4.78, 5) is 11.9. The molecule has 2 heteroatoms. The van der Waals surface area contributed by atoms with Crippen LogP contribution in [-0.4, -0.2) is 12.4 Å². The Bertz CT molecular complexity index is 558. The molecule has 0 saturated carbocycles. The van der Waals surface area contributed by atoms with E-state index in [0.717, 1.165) is 17.7 Å². The van der Waals surface area contributed by atoms with Crippen LogP contribution >= 0.6 is 0 Å². The van der Waals surface area contributed by atoms with Gasteiger partial charge in [0.25, 0.3) is 0 Å². The van der Waals surface area contributed by atoms with Gasteiger partial charge in [-0.05, 0) is 18.1 Å². The minimum atomic E-state index is -0.0194. The molecule has 0 spiro atoms. The second-order valence-corrected chi connectivity index (χ2v) is 4.18. The fourth-order valence-corrected chi connectivity index (χ4v) is 1.82. The van der Waals surface area contributed by atoms with E-state index in [4.69, 9.17) is 4.74 Å². The quantitative estimate of drug-likeness (QED) is 0.579. The summed E-state index contributed by atoms with van der Waals surface area (Å²) in [5.41, 5.74) is 1.71. The lowest BCUT2D eigenvalue weighted by atomic mass is 10.1. The normalized spacial score (nSPS) is 9.89. The van der Waals surface area contributed by atoms with Gasteiger partial charge in [0, 0.05) is 5.56 Å². The van der Waals surface area contributed by atoms with Crippen LogP contribution < -0.4 is 4.74 Å². The van der Waals surface area contributed by atoms with Crippen molar-refractivity contribution >= 4 is 5.78 Å². The van der Waals surface area contributed by atoms with Crippen LogP contribution in [0.5, 0.6) is 5.75 Å². The number of ether oxygens (including phenoxy) is 1. The number of hydrogen-bond acceptors (Lipinski definition) is 2. The molecule has 0 saturated heterocycles. The lowest BCUT2D eigenvalue weighted by molar-refractivity contribution is 0.0921. The predicted molar refractivity (Wildman–Crippen MR) is 76.6 cm³/mol. The van der Waals surface area contributed by atoms with Crippen molar-refractivity contribution in [1.82, 2.24) is 0 Å². The predicted octanol–water partition coefficient (Wildman–Crippen LogP) is 3.68. The van der Waals surface area contributed by atoms with E-state index < -0.39 is 0 Å². The SMILES string of the molecule is C=CCc1ccccc1OCC(=O)c1ccccc1. The van der Waals surface area contributed by atoms with Crippen molar-refractivity contribution in [1.29, 1.82) is 0 Å². The molecular weight excluding hydrogens is 236 g/mol. The topological polar surface area (TPSA) is 26.3 Å². The van der Waals surface area contributed by atoms with Gasteiger partial charge in [0.15, 0.2) is 12.4 Å². The zero-order chi connectivity index (χ0) is 13.5. The third-order valence-corrected chi connectivity index (χ3v) is 2.79. The molecule has 2 aromatic rings. The Morgan fingerprint density at radius 1 is 1.05 bits per heavy atom. The first kappa shape index (κ1) is 13.1. The molecule has 0 amide bonds. The zero-order valence-electron chi connectivity index (χ0n) is 10.7. The molecule has 0 atom stereocenters. The van der Waals surface area contributed by atoms with Gasteiger partial charge in [-0.15, -0.1) is 6.58 Å². The Morgan fingerprint density at radius 2 is 1.74 bits per heavy atom. The molecule has 0 N–H and O–H groups in total. The first-order chi connectivity index (χ1) is 9.31. The number of benzene rings is 2. The third kappa shape index (κ3) is 3.55. The van der Waals surface area contributed by atoms with Crippen molar-refractivity contribution < 1.29 is 9.53 Å². The number of ketones is 1. The number of carbonyl (C=O) groups excluding carboxylic acids is 1. The Kier molecular flexibility index (Phi) is 4.51. The standard InChI is InChI=1S/C17H16O2/c1-2-8-15-11-6-7-12-17(15)19-13-16(18)14-9-4-3-5-10-14/h2-7,9-12H,1,8,13H2. The maximum Gasteiger partial charge on any atom is 0.200 e. The second-order valence-electron chi connectivity index (χ2n) is 4.18. The van der Waals surface area contributed by atoms with Crippen molar-refractivity contribution in [3.63, 3.8) is 0 Å². The highest BCUT2D eigenvalue weighted by Crippen LogP contribution is 2.19. The van der Waals surface area contributed by atoms with Crippen LogP contribution in [0, 0.1) is 0 Å². The van der Waals surface area contributed by atoms with Gasteiger partial charge in [-0.3, -0.25) is 4.79 Å². The number of allylic oxidation sites excluding steroid dienone is 1. The molecule has 0 aromatic heterocycles. The first-order valence-corrected chi connectivity index (χ1v) is 6.21. The van der Waals surface area contributed by atoms with Crippen molar-refractivity contribution in [2.45, 2.75) is 6.42 Å². The van der Waals surface area contributed by atoms with Gasteiger partial charge in [-0.2, -0.15) is 0 Å². The van der Waals surface area contributed by atoms with Crippen LogP contribution in [0.3, 0.4) is 0 Å². The summed E-state index contributed by atoms with van der Waals surface area (Å²) in [7, 11) is 0. The molecule has 96 valence electrons. The van der Waals surface area contributed by atoms with E-state index in [9.17, 15) is 4.79 Å². The lowest BCUT2D eigenvalue weighted by Gasteiger charge is -2.09. The highest BCUT2D eigenvalue weighted by atomic mass is 16.5. The summed E-state index contributed by atoms with van der Waals surface area (Å²) >= 11 is 0. The third-order valence-electron chi connectivity index (χ3n) is 2.79. The average molecular weight is 252 g/mol. The van der Waals surface area contributed by atoms with Crippen LogP contribution in [0.1, 0.15) is 15.9 Å². The highest BCUT2D eigenvalue weighted by molar-refractivity contribution is 5.97. The summed E-state index contributed by atoms with van der Waals surface area (Å²) in [6, 6.07) is 16.9. The lowest BCUT2D eigenvalue weighted by Crippen LogP contribution is -2.12. The van der Waals surface area contributed by atoms with Gasteiger partial charge in [0.1, 0.15) is 5.75 Å². The molecule has 0 heterocycles. The minimum Gasteiger partial charge on any atom is -0.485 e. The molecule has 19 heavy (non-hydrogen) atoms. The second kappa shape index (κ2) is 6.55. The summed E-state index contributed by atoms with van der Waals surface area (Å²) in [6.07, 6.45) is 2.55. The van der Waals surface area contributed by atoms with Crippen LogP contribution in [0.25, 0.3) is 0 Å². The van der Waals surface area contributed by atoms with E-state index in [0.29, 0.717) is 5.56 Å². The zero-order valence-corrected chi connectivity index (χ0v) is 10.7. The molecule has 0 aliphatic carbocycles. The molecular formula is C17H16O2. The van der Waals surface area contributed by atoms with Gasteiger partial charge >= 0.3 is 0 Å². The Hall–Kier alpha value is -2.35. The number of hydrogen-bond donors (Lipinski definition) is 0. The molecule has 0 aliphatic heterocycles. The summed E-state index contributed by atoms with van der Waals surface area (Å²) in [6.45, 7) is 3.77. The number of para-hydroxylation sites is 1. The maximum atomic E-state index is 11.9. The molecule has 0 unspecified atom stereocenters. The van der Waals surface area contributed by atoms with Gasteiger partial charge in [-0.25, -0.2) is 0 Å². The number of carbonyl (C=O) groups is 1. The largest absolute Gasteiger partial charge is 0.485 e. The fraction of sp³-hybridized carbons (Fsp3) is 0.118. The van der Waals surface area contributed by atoms with Crippen molar-refractivity contribution in [2.24, 2.45) is 0 Å². The fourth-order valence-electron chi connectivity index (χ4n) is 1.82. The molecule has 0 aliphatic rings. The first-order valence-electron chi connectivity index (χ1n) is 6.21. The van der Waals surface area contributed by atoms with Crippen LogP contribution in [0.15, 0.2) is 67.3 Å².